The molecule has 0 aromatic heterocycles. The number of hydrogen-bond acceptors (Lipinski definition) is 10. The van der Waals surface area contributed by atoms with Gasteiger partial charge in [0, 0.05) is 0 Å². The largest absolute Gasteiger partial charge is 0.452 e. The van der Waals surface area contributed by atoms with Gasteiger partial charge >= 0.3 is 23.9 Å². The van der Waals surface area contributed by atoms with Crippen molar-refractivity contribution in [3.63, 3.8) is 0 Å². The zero-order chi connectivity index (χ0) is 40.4. The monoisotopic (exact) mass is 778 g/mol. The lowest BCUT2D eigenvalue weighted by molar-refractivity contribution is -0.147. The minimum atomic E-state index is -1.63. The zero-order valence-corrected chi connectivity index (χ0v) is 31.5. The third kappa shape index (κ3) is 12.1. The number of esters is 4. The van der Waals surface area contributed by atoms with Crippen LogP contribution in [0, 0.1) is 0 Å². The average Bonchev–Trinajstić information content (AvgIpc) is 3.28. The lowest BCUT2D eigenvalue weighted by atomic mass is 10.0. The molecule has 0 aliphatic rings. The molecule has 0 bridgehead atoms. The molecule has 0 fully saturated rings. The molecule has 6 aromatic rings. The van der Waals surface area contributed by atoms with E-state index in [1.165, 1.54) is 0 Å². The molecule has 10 nitrogen and oxygen atoms in total. The van der Waals surface area contributed by atoms with Gasteiger partial charge < -0.3 is 28.4 Å². The van der Waals surface area contributed by atoms with E-state index in [1.54, 1.807) is 121 Å². The first-order chi connectivity index (χ1) is 28.4. The molecule has 0 amide bonds. The van der Waals surface area contributed by atoms with Crippen molar-refractivity contribution in [3.05, 3.63) is 215 Å². The van der Waals surface area contributed by atoms with Crippen molar-refractivity contribution < 1.29 is 47.6 Å². The Hall–Kier alpha value is -6.88. The summed E-state index contributed by atoms with van der Waals surface area (Å²) in [6.45, 7) is -0.463. The van der Waals surface area contributed by atoms with Crippen molar-refractivity contribution in [2.24, 2.45) is 0 Å². The number of ether oxygens (including phenoxy) is 6. The number of hydrogen-bond donors (Lipinski definition) is 0. The van der Waals surface area contributed by atoms with Crippen LogP contribution in [0.15, 0.2) is 182 Å². The average molecular weight is 779 g/mol. The van der Waals surface area contributed by atoms with Gasteiger partial charge in [0.2, 0.25) is 0 Å². The van der Waals surface area contributed by atoms with Crippen LogP contribution in [0.2, 0.25) is 0 Å². The molecule has 0 N–H and O–H groups in total. The van der Waals surface area contributed by atoms with Crippen LogP contribution in [0.1, 0.15) is 52.6 Å². The Balaban J connectivity index is 1.44. The Kier molecular flexibility index (Phi) is 15.1. The summed E-state index contributed by atoms with van der Waals surface area (Å²) in [7, 11) is 0. The van der Waals surface area contributed by atoms with Crippen molar-refractivity contribution in [1.29, 1.82) is 0 Å². The van der Waals surface area contributed by atoms with Gasteiger partial charge in [-0.2, -0.15) is 0 Å². The Morgan fingerprint density at radius 1 is 0.328 bits per heavy atom. The first-order valence-corrected chi connectivity index (χ1v) is 18.7. The van der Waals surface area contributed by atoms with Crippen molar-refractivity contribution >= 4 is 23.9 Å². The summed E-state index contributed by atoms with van der Waals surface area (Å²) < 4.78 is 37.1. The quantitative estimate of drug-likeness (QED) is 0.0586. The number of benzene rings is 6. The van der Waals surface area contributed by atoms with E-state index in [2.05, 4.69) is 0 Å². The molecule has 4 atom stereocenters. The molecule has 0 radical (unpaired) electrons. The van der Waals surface area contributed by atoms with E-state index in [1.807, 2.05) is 60.7 Å². The van der Waals surface area contributed by atoms with E-state index >= 15 is 0 Å². The lowest BCUT2D eigenvalue weighted by Gasteiger charge is -2.36. The van der Waals surface area contributed by atoms with Gasteiger partial charge in [0.25, 0.3) is 0 Å². The fourth-order valence-corrected chi connectivity index (χ4v) is 5.93. The second kappa shape index (κ2) is 21.4. The maximum absolute atomic E-state index is 14.1. The third-order valence-electron chi connectivity index (χ3n) is 8.89. The van der Waals surface area contributed by atoms with E-state index in [9.17, 15) is 19.2 Å². The molecule has 0 spiro atoms. The molecule has 0 saturated carbocycles. The fraction of sp³-hybridized carbons (Fsp3) is 0.167. The van der Waals surface area contributed by atoms with Crippen LogP contribution in [0.4, 0.5) is 0 Å². The maximum atomic E-state index is 14.1. The lowest BCUT2D eigenvalue weighted by Crippen LogP contribution is -2.54. The normalized spacial score (nSPS) is 12.9. The predicted molar refractivity (Wildman–Crippen MR) is 215 cm³/mol. The van der Waals surface area contributed by atoms with Crippen molar-refractivity contribution in [3.8, 4) is 0 Å². The van der Waals surface area contributed by atoms with E-state index < -0.39 is 48.3 Å². The van der Waals surface area contributed by atoms with Crippen LogP contribution in [-0.4, -0.2) is 61.5 Å². The molecule has 0 aliphatic heterocycles. The Morgan fingerprint density at radius 2 is 0.569 bits per heavy atom. The van der Waals surface area contributed by atoms with Crippen LogP contribution in [0.5, 0.6) is 0 Å². The van der Waals surface area contributed by atoms with Gasteiger partial charge in [0.1, 0.15) is 0 Å². The SMILES string of the molecule is O=C(O[C@@H]([C@H](OC(=O)c1ccccc1)[C@@H](COCc1ccccc1)OC(=O)c1ccccc1)[C@@H](COCc1ccccc1)OC(=O)c1ccccc1)c1ccccc1. The Morgan fingerprint density at radius 3 is 0.845 bits per heavy atom. The highest BCUT2D eigenvalue weighted by atomic mass is 16.6. The number of carbonyl (C=O) groups is 4. The van der Waals surface area contributed by atoms with Gasteiger partial charge in [0.05, 0.1) is 48.7 Å². The minimum Gasteiger partial charge on any atom is -0.452 e. The smallest absolute Gasteiger partial charge is 0.338 e. The van der Waals surface area contributed by atoms with Gasteiger partial charge in [-0.3, -0.25) is 0 Å². The second-order valence-electron chi connectivity index (χ2n) is 13.1. The van der Waals surface area contributed by atoms with E-state index in [-0.39, 0.29) is 48.7 Å². The summed E-state index contributed by atoms with van der Waals surface area (Å²) in [5, 5.41) is 0. The second-order valence-corrected chi connectivity index (χ2v) is 13.1. The van der Waals surface area contributed by atoms with Crippen LogP contribution in [-0.2, 0) is 41.6 Å². The third-order valence-corrected chi connectivity index (χ3v) is 8.89. The molecule has 0 aliphatic carbocycles. The summed E-state index contributed by atoms with van der Waals surface area (Å²) in [6, 6.07) is 51.5. The fourth-order valence-electron chi connectivity index (χ4n) is 5.93. The van der Waals surface area contributed by atoms with Gasteiger partial charge in [0.15, 0.2) is 24.4 Å². The highest BCUT2D eigenvalue weighted by Gasteiger charge is 2.45. The summed E-state index contributed by atoms with van der Waals surface area (Å²) in [5.74, 6) is -3.18. The Bertz CT molecular complexity index is 2010. The van der Waals surface area contributed by atoms with Crippen LogP contribution in [0.25, 0.3) is 0 Å². The van der Waals surface area contributed by atoms with Crippen LogP contribution in [0.3, 0.4) is 0 Å². The van der Waals surface area contributed by atoms with Crippen molar-refractivity contribution in [2.45, 2.75) is 37.6 Å². The zero-order valence-electron chi connectivity index (χ0n) is 31.5. The van der Waals surface area contributed by atoms with Gasteiger partial charge in [-0.15, -0.1) is 0 Å². The molecule has 6 rings (SSSR count). The molecule has 0 heterocycles. The number of rotatable bonds is 19. The summed E-state index contributed by atoms with van der Waals surface area (Å²) in [6.07, 6.45) is -6.11. The molecule has 0 saturated heterocycles. The van der Waals surface area contributed by atoms with Crippen LogP contribution >= 0.6 is 0 Å². The standard InChI is InChI=1S/C48H42O10/c49-45(37-23-11-3-12-24-37)55-41(33-53-31-35-19-7-1-8-20-35)43(57-47(51)39-27-15-5-16-28-39)44(58-48(52)40-29-17-6-18-30-40)42(34-54-32-36-21-9-2-10-22-36)56-46(50)38-25-13-4-14-26-38/h1-30,41-44H,31-34H2/t41-,42-,43-,44-/m1/s1. The topological polar surface area (TPSA) is 124 Å². The number of carbonyl (C=O) groups excluding carboxylic acids is 4. The predicted octanol–water partition coefficient (Wildman–Crippen LogP) is 8.32. The van der Waals surface area contributed by atoms with E-state index in [0.29, 0.717) is 0 Å². The van der Waals surface area contributed by atoms with Gasteiger partial charge in [-0.1, -0.05) is 133 Å². The molecular formula is C48H42O10. The molecule has 58 heavy (non-hydrogen) atoms. The highest BCUT2D eigenvalue weighted by Crippen LogP contribution is 2.25. The van der Waals surface area contributed by atoms with Crippen molar-refractivity contribution in [2.75, 3.05) is 13.2 Å². The first-order valence-electron chi connectivity index (χ1n) is 18.7. The molecule has 6 aromatic carbocycles. The molecule has 10 heteroatoms. The molecule has 294 valence electrons. The first kappa shape index (κ1) is 40.8. The molecular weight excluding hydrogens is 737 g/mol. The maximum Gasteiger partial charge on any atom is 0.338 e. The summed E-state index contributed by atoms with van der Waals surface area (Å²) in [5.41, 5.74) is 2.39. The summed E-state index contributed by atoms with van der Waals surface area (Å²) in [4.78, 5) is 55.8. The minimum absolute atomic E-state index is 0.0979. The molecule has 0 unspecified atom stereocenters. The van der Waals surface area contributed by atoms with Crippen LogP contribution < -0.4 is 0 Å². The summed E-state index contributed by atoms with van der Waals surface area (Å²) >= 11 is 0. The van der Waals surface area contributed by atoms with Gasteiger partial charge in [-0.05, 0) is 59.7 Å². The van der Waals surface area contributed by atoms with Gasteiger partial charge in [-0.25, -0.2) is 19.2 Å². The van der Waals surface area contributed by atoms with Crippen molar-refractivity contribution in [1.82, 2.24) is 0 Å². The Labute approximate surface area is 336 Å². The van der Waals surface area contributed by atoms with E-state index in [0.717, 1.165) is 11.1 Å². The van der Waals surface area contributed by atoms with E-state index in [4.69, 9.17) is 28.4 Å². The highest BCUT2D eigenvalue weighted by molar-refractivity contribution is 5.92.